The molecule has 1 amide bonds. The number of rotatable bonds is 3. The molecule has 0 aromatic heterocycles. The lowest BCUT2D eigenvalue weighted by Gasteiger charge is -2.27. The average molecular weight is 297 g/mol. The lowest BCUT2D eigenvalue weighted by molar-refractivity contribution is -0.131. The Hall–Kier alpha value is -1.26. The molecule has 1 aliphatic carbocycles. The van der Waals surface area contributed by atoms with Gasteiger partial charge in [-0.05, 0) is 18.9 Å². The van der Waals surface area contributed by atoms with Crippen LogP contribution in [0.3, 0.4) is 0 Å². The molecule has 1 saturated carbocycles. The maximum Gasteiger partial charge on any atom is 0.228 e. The van der Waals surface area contributed by atoms with Crippen LogP contribution in [0.15, 0.2) is 24.3 Å². The van der Waals surface area contributed by atoms with Gasteiger partial charge in [0.2, 0.25) is 5.91 Å². The van der Waals surface area contributed by atoms with Crippen LogP contribution in [0, 0.1) is 5.41 Å². The fourth-order valence-corrected chi connectivity index (χ4v) is 3.17. The molecule has 1 aromatic rings. The highest BCUT2D eigenvalue weighted by atomic mass is 35.5. The zero-order chi connectivity index (χ0) is 13.3. The number of halogens is 1. The summed E-state index contributed by atoms with van der Waals surface area (Å²) >= 11 is 0. The molecule has 110 valence electrons. The van der Waals surface area contributed by atoms with E-state index in [2.05, 4.69) is 5.32 Å². The van der Waals surface area contributed by atoms with Crippen molar-refractivity contribution in [3.8, 4) is 5.75 Å². The van der Waals surface area contributed by atoms with E-state index in [-0.39, 0.29) is 29.8 Å². The van der Waals surface area contributed by atoms with E-state index in [1.807, 2.05) is 24.3 Å². The van der Waals surface area contributed by atoms with Crippen LogP contribution in [-0.4, -0.2) is 19.1 Å². The van der Waals surface area contributed by atoms with E-state index in [0.29, 0.717) is 13.2 Å². The highest BCUT2D eigenvalue weighted by Crippen LogP contribution is 2.39. The largest absolute Gasteiger partial charge is 0.491 e. The van der Waals surface area contributed by atoms with Gasteiger partial charge >= 0.3 is 0 Å². The lowest BCUT2D eigenvalue weighted by atomic mass is 9.85. The van der Waals surface area contributed by atoms with Crippen molar-refractivity contribution < 1.29 is 9.53 Å². The molecule has 4 nitrogen and oxygen atoms in total. The first-order valence-electron chi connectivity index (χ1n) is 6.98. The number of carbonyl (C=O) groups is 1. The van der Waals surface area contributed by atoms with Crippen molar-refractivity contribution in [2.75, 3.05) is 13.2 Å². The smallest absolute Gasteiger partial charge is 0.228 e. The van der Waals surface area contributed by atoms with Crippen molar-refractivity contribution in [3.05, 3.63) is 29.8 Å². The van der Waals surface area contributed by atoms with Crippen molar-refractivity contribution in [3.63, 3.8) is 0 Å². The second-order valence-corrected chi connectivity index (χ2v) is 5.57. The first-order valence-corrected chi connectivity index (χ1v) is 6.98. The third-order valence-corrected chi connectivity index (χ3v) is 4.44. The minimum absolute atomic E-state index is 0. The van der Waals surface area contributed by atoms with Crippen molar-refractivity contribution in [2.24, 2.45) is 11.1 Å². The number of ether oxygens (including phenoxy) is 1. The van der Waals surface area contributed by atoms with Gasteiger partial charge in [0.1, 0.15) is 12.4 Å². The Bertz CT molecular complexity index is 487. The van der Waals surface area contributed by atoms with E-state index < -0.39 is 0 Å². The van der Waals surface area contributed by atoms with Gasteiger partial charge in [0.25, 0.3) is 0 Å². The van der Waals surface area contributed by atoms with Crippen LogP contribution in [0.1, 0.15) is 37.3 Å². The van der Waals surface area contributed by atoms with Gasteiger partial charge in [-0.15, -0.1) is 12.4 Å². The van der Waals surface area contributed by atoms with Gasteiger partial charge in [-0.1, -0.05) is 31.0 Å². The summed E-state index contributed by atoms with van der Waals surface area (Å²) in [6.07, 6.45) is 4.01. The number of hydrogen-bond donors (Lipinski definition) is 2. The quantitative estimate of drug-likeness (QED) is 0.898. The van der Waals surface area contributed by atoms with E-state index >= 15 is 0 Å². The summed E-state index contributed by atoms with van der Waals surface area (Å²) in [4.78, 5) is 12.5. The van der Waals surface area contributed by atoms with Gasteiger partial charge in [0.05, 0.1) is 11.5 Å². The number of hydrogen-bond acceptors (Lipinski definition) is 3. The molecule has 1 aromatic carbocycles. The minimum Gasteiger partial charge on any atom is -0.491 e. The average Bonchev–Trinajstić information content (AvgIpc) is 3.07. The van der Waals surface area contributed by atoms with Gasteiger partial charge in [0, 0.05) is 12.1 Å². The molecule has 3 rings (SSSR count). The first kappa shape index (κ1) is 15.1. The predicted octanol–water partition coefficient (Wildman–Crippen LogP) is 2.18. The molecule has 2 aliphatic rings. The van der Waals surface area contributed by atoms with E-state index in [1.54, 1.807) is 0 Å². The maximum absolute atomic E-state index is 12.5. The standard InChI is InChI=1S/C15H20N2O2.ClH/c16-10-15(7-3-4-8-15)14(18)17-12-9-19-13-6-2-1-5-11(12)13;/h1-2,5-6,12H,3-4,7-10,16H2,(H,17,18);1H. The van der Waals surface area contributed by atoms with E-state index in [1.165, 1.54) is 0 Å². The topological polar surface area (TPSA) is 64.4 Å². The molecule has 20 heavy (non-hydrogen) atoms. The molecule has 0 saturated heterocycles. The van der Waals surface area contributed by atoms with Gasteiger partial charge in [0.15, 0.2) is 0 Å². The Balaban J connectivity index is 0.00000147. The third-order valence-electron chi connectivity index (χ3n) is 4.44. The van der Waals surface area contributed by atoms with Crippen LogP contribution >= 0.6 is 12.4 Å². The van der Waals surface area contributed by atoms with Crippen molar-refractivity contribution in [2.45, 2.75) is 31.7 Å². The van der Waals surface area contributed by atoms with Crippen LogP contribution in [0.25, 0.3) is 0 Å². The number of fused-ring (bicyclic) bond motifs is 1. The number of nitrogens with one attached hydrogen (secondary N) is 1. The Labute approximate surface area is 125 Å². The summed E-state index contributed by atoms with van der Waals surface area (Å²) in [5.74, 6) is 0.971. The van der Waals surface area contributed by atoms with Gasteiger partial charge < -0.3 is 15.8 Å². The van der Waals surface area contributed by atoms with Crippen LogP contribution in [0.2, 0.25) is 0 Å². The third kappa shape index (κ3) is 2.50. The molecule has 1 heterocycles. The van der Waals surface area contributed by atoms with Crippen molar-refractivity contribution in [1.29, 1.82) is 0 Å². The number of benzene rings is 1. The predicted molar refractivity (Wildman–Crippen MR) is 80.0 cm³/mol. The zero-order valence-corrected chi connectivity index (χ0v) is 12.2. The zero-order valence-electron chi connectivity index (χ0n) is 11.4. The van der Waals surface area contributed by atoms with Gasteiger partial charge in [-0.25, -0.2) is 0 Å². The SMILES string of the molecule is Cl.NCC1(C(=O)NC2COc3ccccc32)CCCC1. The molecule has 3 N–H and O–H groups in total. The molecule has 1 aliphatic heterocycles. The minimum atomic E-state index is -0.350. The normalized spacial score (nSPS) is 22.6. The Morgan fingerprint density at radius 2 is 2.05 bits per heavy atom. The van der Waals surface area contributed by atoms with Gasteiger partial charge in [-0.3, -0.25) is 4.79 Å². The highest BCUT2D eigenvalue weighted by Gasteiger charge is 2.41. The molecule has 0 bridgehead atoms. The molecule has 1 atom stereocenters. The molecule has 0 radical (unpaired) electrons. The maximum atomic E-state index is 12.5. The summed E-state index contributed by atoms with van der Waals surface area (Å²) in [5.41, 5.74) is 6.57. The monoisotopic (exact) mass is 296 g/mol. The van der Waals surface area contributed by atoms with Crippen LogP contribution in [0.4, 0.5) is 0 Å². The van der Waals surface area contributed by atoms with E-state index in [4.69, 9.17) is 10.5 Å². The van der Waals surface area contributed by atoms with E-state index in [0.717, 1.165) is 37.0 Å². The second kappa shape index (κ2) is 6.02. The van der Waals surface area contributed by atoms with Crippen LogP contribution < -0.4 is 15.8 Å². The summed E-state index contributed by atoms with van der Waals surface area (Å²) in [6.45, 7) is 0.958. The molecule has 0 spiro atoms. The molecule has 1 unspecified atom stereocenters. The Morgan fingerprint density at radius 1 is 1.35 bits per heavy atom. The molecule has 1 fully saturated rings. The van der Waals surface area contributed by atoms with Crippen LogP contribution in [-0.2, 0) is 4.79 Å². The number of nitrogens with two attached hydrogens (primary N) is 1. The Morgan fingerprint density at radius 3 is 2.75 bits per heavy atom. The number of para-hydroxylation sites is 1. The van der Waals surface area contributed by atoms with Gasteiger partial charge in [-0.2, -0.15) is 0 Å². The highest BCUT2D eigenvalue weighted by molar-refractivity contribution is 5.85. The lowest BCUT2D eigenvalue weighted by Crippen LogP contribution is -2.45. The summed E-state index contributed by atoms with van der Waals surface area (Å²) in [5, 5.41) is 3.12. The first-order chi connectivity index (χ1) is 9.25. The van der Waals surface area contributed by atoms with Crippen LogP contribution in [0.5, 0.6) is 5.75 Å². The number of amides is 1. The summed E-state index contributed by atoms with van der Waals surface area (Å²) in [7, 11) is 0. The number of carbonyl (C=O) groups excluding carboxylic acids is 1. The van der Waals surface area contributed by atoms with E-state index in [9.17, 15) is 4.79 Å². The fraction of sp³-hybridized carbons (Fsp3) is 0.533. The summed E-state index contributed by atoms with van der Waals surface area (Å²) < 4.78 is 5.60. The molecule has 5 heteroatoms. The second-order valence-electron chi connectivity index (χ2n) is 5.57. The molecular formula is C15H21ClN2O2. The summed E-state index contributed by atoms with van der Waals surface area (Å²) in [6, 6.07) is 7.84. The van der Waals surface area contributed by atoms with Crippen molar-refractivity contribution >= 4 is 18.3 Å². The molecular weight excluding hydrogens is 276 g/mol. The fourth-order valence-electron chi connectivity index (χ4n) is 3.17. The van der Waals surface area contributed by atoms with Crippen molar-refractivity contribution in [1.82, 2.24) is 5.32 Å². The Kier molecular flexibility index (Phi) is 4.55.